The van der Waals surface area contributed by atoms with Gasteiger partial charge in [-0.3, -0.25) is 4.79 Å². The molecule has 0 aliphatic carbocycles. The van der Waals surface area contributed by atoms with Gasteiger partial charge >= 0.3 is 5.97 Å². The van der Waals surface area contributed by atoms with Gasteiger partial charge in [-0.2, -0.15) is 0 Å². The zero-order valence-corrected chi connectivity index (χ0v) is 10.8. The van der Waals surface area contributed by atoms with Gasteiger partial charge < -0.3 is 10.1 Å². The van der Waals surface area contributed by atoms with Crippen LogP contribution < -0.4 is 5.32 Å². The Morgan fingerprint density at radius 1 is 1.50 bits per heavy atom. The largest absolute Gasteiger partial charge is 0.464 e. The Labute approximate surface area is 109 Å². The highest BCUT2D eigenvalue weighted by Gasteiger charge is 2.20. The van der Waals surface area contributed by atoms with Crippen molar-refractivity contribution in [1.29, 1.82) is 0 Å². The highest BCUT2D eigenvalue weighted by molar-refractivity contribution is 6.31. The molecule has 4 nitrogen and oxygen atoms in total. The minimum atomic E-state index is -0.851. The van der Waals surface area contributed by atoms with E-state index >= 15 is 0 Å². The van der Waals surface area contributed by atoms with Gasteiger partial charge in [0, 0.05) is 0 Å². The lowest BCUT2D eigenvalue weighted by Gasteiger charge is -2.13. The minimum absolute atomic E-state index is 0.147. The summed E-state index contributed by atoms with van der Waals surface area (Å²) in [5.41, 5.74) is -0.210. The number of ether oxygens (including phenoxy) is 1. The lowest BCUT2D eigenvalue weighted by atomic mass is 10.2. The number of hydrogen-bond acceptors (Lipinski definition) is 3. The lowest BCUT2D eigenvalue weighted by Crippen LogP contribution is -2.39. The van der Waals surface area contributed by atoms with E-state index in [2.05, 4.69) is 5.32 Å². The lowest BCUT2D eigenvalue weighted by molar-refractivity contribution is -0.144. The quantitative estimate of drug-likeness (QED) is 0.856. The van der Waals surface area contributed by atoms with E-state index in [0.717, 1.165) is 0 Å². The first-order valence-corrected chi connectivity index (χ1v) is 5.76. The summed E-state index contributed by atoms with van der Waals surface area (Å²) >= 11 is 5.56. The Balaban J connectivity index is 2.77. The summed E-state index contributed by atoms with van der Waals surface area (Å²) in [6.07, 6.45) is 0. The van der Waals surface area contributed by atoms with Crippen molar-refractivity contribution in [3.63, 3.8) is 0 Å². The first-order chi connectivity index (χ1) is 8.47. The molecule has 1 aromatic carbocycles. The number of hydrogen-bond donors (Lipinski definition) is 1. The van der Waals surface area contributed by atoms with Crippen LogP contribution in [-0.2, 0) is 9.53 Å². The number of esters is 1. The third kappa shape index (κ3) is 3.43. The molecule has 0 heterocycles. The molecule has 0 aliphatic heterocycles. The molecule has 18 heavy (non-hydrogen) atoms. The van der Waals surface area contributed by atoms with Crippen LogP contribution in [0.3, 0.4) is 0 Å². The predicted molar refractivity (Wildman–Crippen MR) is 65.0 cm³/mol. The maximum atomic E-state index is 13.5. The minimum Gasteiger partial charge on any atom is -0.464 e. The van der Waals surface area contributed by atoms with Gasteiger partial charge in [-0.15, -0.1) is 0 Å². The Hall–Kier alpha value is -1.62. The van der Waals surface area contributed by atoms with E-state index in [1.165, 1.54) is 25.1 Å². The highest BCUT2D eigenvalue weighted by atomic mass is 35.5. The molecule has 1 amide bonds. The molecular formula is C12H13ClFNO3. The van der Waals surface area contributed by atoms with Crippen LogP contribution in [0.15, 0.2) is 18.2 Å². The van der Waals surface area contributed by atoms with Gasteiger partial charge in [0.05, 0.1) is 17.2 Å². The zero-order chi connectivity index (χ0) is 13.7. The normalized spacial score (nSPS) is 11.8. The monoisotopic (exact) mass is 273 g/mol. The molecule has 1 rings (SSSR count). The third-order valence-electron chi connectivity index (χ3n) is 2.18. The SMILES string of the molecule is CCOC(=O)C(C)NC(=O)c1cccc(Cl)c1F. The number of carbonyl (C=O) groups is 2. The van der Waals surface area contributed by atoms with Crippen LogP contribution in [0.25, 0.3) is 0 Å². The molecule has 6 heteroatoms. The Kier molecular flexibility index (Phi) is 5.09. The summed E-state index contributed by atoms with van der Waals surface area (Å²) in [5, 5.41) is 2.19. The molecule has 0 aromatic heterocycles. The molecule has 0 saturated heterocycles. The molecular weight excluding hydrogens is 261 g/mol. The van der Waals surface area contributed by atoms with Gasteiger partial charge in [0.15, 0.2) is 5.82 Å². The fourth-order valence-corrected chi connectivity index (χ4v) is 1.45. The summed E-state index contributed by atoms with van der Waals surface area (Å²) < 4.78 is 18.3. The fraction of sp³-hybridized carbons (Fsp3) is 0.333. The van der Waals surface area contributed by atoms with E-state index in [9.17, 15) is 14.0 Å². The van der Waals surface area contributed by atoms with E-state index in [-0.39, 0.29) is 17.2 Å². The second-order valence-corrected chi connectivity index (χ2v) is 3.96. The van der Waals surface area contributed by atoms with Crippen molar-refractivity contribution < 1.29 is 18.7 Å². The number of benzene rings is 1. The summed E-state index contributed by atoms with van der Waals surface area (Å²) in [6.45, 7) is 3.33. The zero-order valence-electron chi connectivity index (χ0n) is 10.00. The standard InChI is InChI=1S/C12H13ClFNO3/c1-3-18-12(17)7(2)15-11(16)8-5-4-6-9(13)10(8)14/h4-7H,3H2,1-2H3,(H,15,16). The number of halogens is 2. The second kappa shape index (κ2) is 6.35. The molecule has 0 aliphatic rings. The van der Waals surface area contributed by atoms with Crippen LogP contribution in [0, 0.1) is 5.82 Å². The van der Waals surface area contributed by atoms with E-state index in [0.29, 0.717) is 0 Å². The van der Waals surface area contributed by atoms with Crippen LogP contribution in [0.5, 0.6) is 0 Å². The molecule has 0 bridgehead atoms. The maximum absolute atomic E-state index is 13.5. The van der Waals surface area contributed by atoms with Crippen molar-refractivity contribution in [1.82, 2.24) is 5.32 Å². The summed E-state index contributed by atoms with van der Waals surface area (Å²) in [4.78, 5) is 23.0. The third-order valence-corrected chi connectivity index (χ3v) is 2.48. The van der Waals surface area contributed by atoms with Crippen molar-refractivity contribution in [3.8, 4) is 0 Å². The van der Waals surface area contributed by atoms with Crippen molar-refractivity contribution in [3.05, 3.63) is 34.6 Å². The molecule has 0 fully saturated rings. The van der Waals surface area contributed by atoms with E-state index in [1.54, 1.807) is 6.92 Å². The van der Waals surface area contributed by atoms with Gasteiger partial charge in [0.1, 0.15) is 6.04 Å². The first kappa shape index (κ1) is 14.4. The molecule has 1 N–H and O–H groups in total. The Morgan fingerprint density at radius 2 is 2.17 bits per heavy atom. The number of rotatable bonds is 4. The van der Waals surface area contributed by atoms with Gasteiger partial charge in [0.25, 0.3) is 5.91 Å². The maximum Gasteiger partial charge on any atom is 0.328 e. The van der Waals surface area contributed by atoms with Crippen LogP contribution in [0.4, 0.5) is 4.39 Å². The fourth-order valence-electron chi connectivity index (χ4n) is 1.28. The summed E-state index contributed by atoms with van der Waals surface area (Å²) in [6, 6.07) is 3.22. The molecule has 0 spiro atoms. The van der Waals surface area contributed by atoms with E-state index in [4.69, 9.17) is 16.3 Å². The number of carbonyl (C=O) groups excluding carboxylic acids is 2. The van der Waals surface area contributed by atoms with Crippen LogP contribution in [0.2, 0.25) is 5.02 Å². The average molecular weight is 274 g/mol. The topological polar surface area (TPSA) is 55.4 Å². The first-order valence-electron chi connectivity index (χ1n) is 5.38. The van der Waals surface area contributed by atoms with Crippen LogP contribution in [-0.4, -0.2) is 24.5 Å². The Morgan fingerprint density at radius 3 is 2.78 bits per heavy atom. The predicted octanol–water partition coefficient (Wildman–Crippen LogP) is 2.16. The van der Waals surface area contributed by atoms with Crippen molar-refractivity contribution in [2.24, 2.45) is 0 Å². The summed E-state index contributed by atoms with van der Waals surface area (Å²) in [7, 11) is 0. The van der Waals surface area contributed by atoms with Gasteiger partial charge in [0.2, 0.25) is 0 Å². The smallest absolute Gasteiger partial charge is 0.328 e. The molecule has 0 radical (unpaired) electrons. The van der Waals surface area contributed by atoms with Crippen molar-refractivity contribution in [2.45, 2.75) is 19.9 Å². The van der Waals surface area contributed by atoms with Crippen LogP contribution >= 0.6 is 11.6 Å². The molecule has 1 aromatic rings. The average Bonchev–Trinajstić information content (AvgIpc) is 2.32. The van der Waals surface area contributed by atoms with Crippen molar-refractivity contribution >= 4 is 23.5 Å². The molecule has 1 atom stereocenters. The second-order valence-electron chi connectivity index (χ2n) is 3.55. The van der Waals surface area contributed by atoms with Gasteiger partial charge in [-0.1, -0.05) is 17.7 Å². The van der Waals surface area contributed by atoms with E-state index in [1.807, 2.05) is 0 Å². The van der Waals surface area contributed by atoms with Crippen molar-refractivity contribution in [2.75, 3.05) is 6.61 Å². The Bertz CT molecular complexity index is 465. The molecule has 0 saturated carbocycles. The summed E-state index contributed by atoms with van der Waals surface area (Å²) in [5.74, 6) is -2.10. The van der Waals surface area contributed by atoms with Gasteiger partial charge in [-0.05, 0) is 26.0 Å². The van der Waals surface area contributed by atoms with E-state index < -0.39 is 23.7 Å². The van der Waals surface area contributed by atoms with Crippen LogP contribution in [0.1, 0.15) is 24.2 Å². The highest BCUT2D eigenvalue weighted by Crippen LogP contribution is 2.17. The number of amides is 1. The molecule has 1 unspecified atom stereocenters. The molecule has 98 valence electrons. The van der Waals surface area contributed by atoms with Gasteiger partial charge in [-0.25, -0.2) is 9.18 Å². The number of nitrogens with one attached hydrogen (secondary N) is 1.